The van der Waals surface area contributed by atoms with Gasteiger partial charge in [0.1, 0.15) is 11.6 Å². The molecule has 1 aromatic heterocycles. The van der Waals surface area contributed by atoms with Gasteiger partial charge in [-0.2, -0.15) is 15.0 Å². The Labute approximate surface area is 211 Å². The normalized spacial score (nSPS) is 16.5. The summed E-state index contributed by atoms with van der Waals surface area (Å²) in [6.45, 7) is 8.36. The monoisotopic (exact) mass is 491 g/mol. The second-order valence-electron chi connectivity index (χ2n) is 8.79. The fourth-order valence-electron chi connectivity index (χ4n) is 3.92. The number of hydrogen-bond donors (Lipinski definition) is 1. The molecule has 35 heavy (non-hydrogen) atoms. The standard InChI is InChI=1S/C26H33N7OS/c1-4-6-20-17-23(27-18-20)28-24-29-25(33-14-12-32(3)13-15-33)31-26(30-24)35-22-10-8-19(9-11-22)16-21(34)7-5-2/h4,6,8-11,17H,5,7,12-16,18H2,1-3H3,(H,27,28,29,30,31)/b6-4+. The number of ketones is 1. The molecule has 0 bridgehead atoms. The highest BCUT2D eigenvalue weighted by Crippen LogP contribution is 2.27. The smallest absolute Gasteiger partial charge is 0.234 e. The van der Waals surface area contributed by atoms with E-state index in [2.05, 4.69) is 38.2 Å². The highest BCUT2D eigenvalue weighted by atomic mass is 32.2. The summed E-state index contributed by atoms with van der Waals surface area (Å²) < 4.78 is 0. The topological polar surface area (TPSA) is 86.6 Å². The van der Waals surface area contributed by atoms with Gasteiger partial charge in [0.2, 0.25) is 11.9 Å². The summed E-state index contributed by atoms with van der Waals surface area (Å²) in [7, 11) is 2.13. The molecule has 0 saturated carbocycles. The van der Waals surface area contributed by atoms with Gasteiger partial charge in [0.25, 0.3) is 0 Å². The molecule has 2 aromatic rings. The predicted molar refractivity (Wildman–Crippen MR) is 143 cm³/mol. The highest BCUT2D eigenvalue weighted by molar-refractivity contribution is 7.99. The first-order valence-electron chi connectivity index (χ1n) is 12.1. The minimum Gasteiger partial charge on any atom is -0.338 e. The summed E-state index contributed by atoms with van der Waals surface area (Å²) in [5.74, 6) is 2.20. The van der Waals surface area contributed by atoms with Gasteiger partial charge in [-0.05, 0) is 61.5 Å². The lowest BCUT2D eigenvalue weighted by Gasteiger charge is -2.32. The number of nitrogens with one attached hydrogen (secondary N) is 1. The molecule has 1 fully saturated rings. The third kappa shape index (κ3) is 7.22. The van der Waals surface area contributed by atoms with Crippen molar-refractivity contribution in [3.8, 4) is 0 Å². The maximum absolute atomic E-state index is 12.0. The molecule has 3 heterocycles. The van der Waals surface area contributed by atoms with Crippen molar-refractivity contribution in [3.05, 3.63) is 53.6 Å². The molecule has 0 aliphatic carbocycles. The molecule has 0 atom stereocenters. The molecule has 8 nitrogen and oxygen atoms in total. The van der Waals surface area contributed by atoms with Crippen LogP contribution in [0.5, 0.6) is 0 Å². The van der Waals surface area contributed by atoms with Gasteiger partial charge >= 0.3 is 0 Å². The van der Waals surface area contributed by atoms with E-state index in [4.69, 9.17) is 9.97 Å². The van der Waals surface area contributed by atoms with Crippen molar-refractivity contribution in [1.82, 2.24) is 19.9 Å². The van der Waals surface area contributed by atoms with E-state index in [0.29, 0.717) is 36.4 Å². The van der Waals surface area contributed by atoms with E-state index in [1.807, 2.05) is 50.3 Å². The van der Waals surface area contributed by atoms with Crippen LogP contribution in [0.3, 0.4) is 0 Å². The largest absolute Gasteiger partial charge is 0.338 e. The summed E-state index contributed by atoms with van der Waals surface area (Å²) in [5, 5.41) is 3.90. The lowest BCUT2D eigenvalue weighted by molar-refractivity contribution is -0.118. The molecule has 1 aromatic carbocycles. The molecule has 2 aliphatic heterocycles. The van der Waals surface area contributed by atoms with Crippen LogP contribution in [-0.4, -0.2) is 71.2 Å². The number of aliphatic imine (C=N–C) groups is 1. The number of amidine groups is 1. The number of rotatable bonds is 9. The number of hydrogen-bond acceptors (Lipinski definition) is 9. The third-order valence-corrected chi connectivity index (χ3v) is 6.70. The Morgan fingerprint density at radius 2 is 1.89 bits per heavy atom. The zero-order valence-corrected chi connectivity index (χ0v) is 21.5. The second kappa shape index (κ2) is 12.1. The SMILES string of the molecule is C/C=C/C1=CC(Nc2nc(Sc3ccc(CC(=O)CCC)cc3)nc(N3CCN(C)CC3)n2)=NC1. The highest BCUT2D eigenvalue weighted by Gasteiger charge is 2.20. The Hall–Kier alpha value is -3.04. The number of benzene rings is 1. The Morgan fingerprint density at radius 1 is 1.11 bits per heavy atom. The van der Waals surface area contributed by atoms with Gasteiger partial charge in [-0.1, -0.05) is 31.2 Å². The molecular weight excluding hydrogens is 458 g/mol. The van der Waals surface area contributed by atoms with E-state index >= 15 is 0 Å². The quantitative estimate of drug-likeness (QED) is 0.563. The molecule has 1 N–H and O–H groups in total. The van der Waals surface area contributed by atoms with Crippen molar-refractivity contribution in [2.45, 2.75) is 43.2 Å². The van der Waals surface area contributed by atoms with Crippen molar-refractivity contribution in [2.75, 3.05) is 50.0 Å². The summed E-state index contributed by atoms with van der Waals surface area (Å²) in [4.78, 5) is 36.2. The van der Waals surface area contributed by atoms with Gasteiger partial charge in [-0.3, -0.25) is 9.79 Å². The number of carbonyl (C=O) groups excluding carboxylic acids is 1. The van der Waals surface area contributed by atoms with Gasteiger partial charge in [-0.15, -0.1) is 0 Å². The number of Topliss-reactive ketones (excluding diaryl/α,β-unsaturated/α-hetero) is 1. The number of anilines is 2. The number of aromatic nitrogens is 3. The molecule has 0 unspecified atom stereocenters. The zero-order valence-electron chi connectivity index (χ0n) is 20.7. The van der Waals surface area contributed by atoms with E-state index in [1.165, 1.54) is 11.8 Å². The number of likely N-dealkylation sites (N-methyl/N-ethyl adjacent to an activating group) is 1. The van der Waals surface area contributed by atoms with Crippen LogP contribution >= 0.6 is 11.8 Å². The van der Waals surface area contributed by atoms with Crippen LogP contribution in [-0.2, 0) is 11.2 Å². The van der Waals surface area contributed by atoms with Crippen LogP contribution in [0, 0.1) is 0 Å². The predicted octanol–water partition coefficient (Wildman–Crippen LogP) is 4.01. The average molecular weight is 492 g/mol. The minimum absolute atomic E-state index is 0.277. The van der Waals surface area contributed by atoms with E-state index in [1.54, 1.807) is 0 Å². The summed E-state index contributed by atoms with van der Waals surface area (Å²) in [5.41, 5.74) is 2.18. The molecule has 1 saturated heterocycles. The molecule has 0 radical (unpaired) electrons. The Bertz CT molecular complexity index is 1120. The second-order valence-corrected chi connectivity index (χ2v) is 9.83. The molecular formula is C26H33N7OS. The first kappa shape index (κ1) is 25.1. The average Bonchev–Trinajstić information content (AvgIpc) is 3.28. The fourth-order valence-corrected chi connectivity index (χ4v) is 4.66. The molecule has 2 aliphatic rings. The molecule has 184 valence electrons. The summed E-state index contributed by atoms with van der Waals surface area (Å²) in [6.07, 6.45) is 8.09. The summed E-state index contributed by atoms with van der Waals surface area (Å²) in [6, 6.07) is 8.08. The van der Waals surface area contributed by atoms with Crippen molar-refractivity contribution in [3.63, 3.8) is 0 Å². The van der Waals surface area contributed by atoms with E-state index < -0.39 is 0 Å². The van der Waals surface area contributed by atoms with Crippen molar-refractivity contribution in [2.24, 2.45) is 4.99 Å². The lowest BCUT2D eigenvalue weighted by Crippen LogP contribution is -2.45. The number of carbonyl (C=O) groups is 1. The van der Waals surface area contributed by atoms with Crippen LogP contribution < -0.4 is 10.2 Å². The number of piperazine rings is 1. The van der Waals surface area contributed by atoms with Crippen LogP contribution in [0.15, 0.2) is 63.1 Å². The minimum atomic E-state index is 0.277. The van der Waals surface area contributed by atoms with Gasteiger partial charge < -0.3 is 15.1 Å². The maximum Gasteiger partial charge on any atom is 0.234 e. The maximum atomic E-state index is 12.0. The Balaban J connectivity index is 1.53. The molecule has 0 amide bonds. The van der Waals surface area contributed by atoms with Gasteiger partial charge in [0.05, 0.1) is 6.54 Å². The number of allylic oxidation sites excluding steroid dienone is 1. The van der Waals surface area contributed by atoms with E-state index in [0.717, 1.165) is 54.5 Å². The van der Waals surface area contributed by atoms with Crippen molar-refractivity contribution >= 4 is 35.3 Å². The summed E-state index contributed by atoms with van der Waals surface area (Å²) >= 11 is 1.49. The lowest BCUT2D eigenvalue weighted by atomic mass is 10.1. The van der Waals surface area contributed by atoms with Gasteiger partial charge in [0, 0.05) is 43.9 Å². The van der Waals surface area contributed by atoms with E-state index in [9.17, 15) is 4.79 Å². The Morgan fingerprint density at radius 3 is 2.60 bits per heavy atom. The molecule has 4 rings (SSSR count). The van der Waals surface area contributed by atoms with Crippen LogP contribution in [0.1, 0.15) is 32.3 Å². The van der Waals surface area contributed by atoms with E-state index in [-0.39, 0.29) is 5.78 Å². The fraction of sp³-hybridized carbons (Fsp3) is 0.423. The van der Waals surface area contributed by atoms with Crippen molar-refractivity contribution in [1.29, 1.82) is 0 Å². The van der Waals surface area contributed by atoms with Crippen molar-refractivity contribution < 1.29 is 4.79 Å². The van der Waals surface area contributed by atoms with Gasteiger partial charge in [0.15, 0.2) is 5.16 Å². The first-order valence-corrected chi connectivity index (χ1v) is 13.0. The molecule has 9 heteroatoms. The number of nitrogens with zero attached hydrogens (tertiary/aromatic N) is 6. The van der Waals surface area contributed by atoms with Crippen LogP contribution in [0.25, 0.3) is 0 Å². The first-order chi connectivity index (χ1) is 17.0. The van der Waals surface area contributed by atoms with Crippen LogP contribution in [0.4, 0.5) is 11.9 Å². The molecule has 0 spiro atoms. The zero-order chi connectivity index (χ0) is 24.6. The Kier molecular flexibility index (Phi) is 8.65. The van der Waals surface area contributed by atoms with Crippen LogP contribution in [0.2, 0.25) is 0 Å². The third-order valence-electron chi connectivity index (χ3n) is 5.83. The van der Waals surface area contributed by atoms with Gasteiger partial charge in [-0.25, -0.2) is 0 Å².